The van der Waals surface area contributed by atoms with E-state index in [9.17, 15) is 0 Å². The predicted molar refractivity (Wildman–Crippen MR) is 102 cm³/mol. The molecule has 5 nitrogen and oxygen atoms in total. The molecule has 0 bridgehead atoms. The molecule has 0 unspecified atom stereocenters. The minimum atomic E-state index is 0. The van der Waals surface area contributed by atoms with Gasteiger partial charge in [0.2, 0.25) is 0 Å². The van der Waals surface area contributed by atoms with E-state index >= 15 is 0 Å². The van der Waals surface area contributed by atoms with Crippen molar-refractivity contribution in [3.05, 3.63) is 47.3 Å². The fraction of sp³-hybridized carbons (Fsp3) is 0.286. The largest absolute Gasteiger partial charge is 0.364 e. The van der Waals surface area contributed by atoms with Crippen LogP contribution >= 0.6 is 47.3 Å². The van der Waals surface area contributed by atoms with Crippen molar-refractivity contribution in [2.75, 3.05) is 19.3 Å². The maximum absolute atomic E-state index is 5.85. The lowest BCUT2D eigenvalue weighted by Crippen LogP contribution is -2.38. The molecule has 0 atom stereocenters. The molecular formula is C14H18ClIN4OS. The Labute approximate surface area is 156 Å². The number of nitrogens with one attached hydrogen (secondary N) is 2. The van der Waals surface area contributed by atoms with E-state index in [1.165, 1.54) is 4.90 Å². The highest BCUT2D eigenvalue weighted by Crippen LogP contribution is 2.19. The topological polar surface area (TPSA) is 62.5 Å². The summed E-state index contributed by atoms with van der Waals surface area (Å²) in [6.07, 6.45) is 1.55. The van der Waals surface area contributed by atoms with Crippen molar-refractivity contribution >= 4 is 53.3 Å². The molecule has 1 aromatic carbocycles. The summed E-state index contributed by atoms with van der Waals surface area (Å²) in [5.74, 6) is 1.68. The van der Waals surface area contributed by atoms with Gasteiger partial charge in [0.25, 0.3) is 0 Å². The van der Waals surface area contributed by atoms with Gasteiger partial charge in [0.15, 0.2) is 5.96 Å². The summed E-state index contributed by atoms with van der Waals surface area (Å²) >= 11 is 7.62. The van der Waals surface area contributed by atoms with Crippen LogP contribution in [0.4, 0.5) is 0 Å². The van der Waals surface area contributed by atoms with Gasteiger partial charge in [0.05, 0.1) is 6.54 Å². The number of thioether (sulfide) groups is 1. The number of hydrogen-bond donors (Lipinski definition) is 2. The van der Waals surface area contributed by atoms with Crippen LogP contribution in [0.25, 0.3) is 0 Å². The van der Waals surface area contributed by atoms with Gasteiger partial charge in [-0.1, -0.05) is 16.8 Å². The fourth-order valence-electron chi connectivity index (χ4n) is 1.59. The lowest BCUT2D eigenvalue weighted by Gasteiger charge is -2.10. The standard InChI is InChI=1S/C14H17ClN4OS.HI/c1-16-14(18-10-12-6-8-20-19-12)17-7-9-21-13-4-2-11(15)3-5-13;/h2-6,8H,7,9-10H2,1H3,(H2,16,17,18);1H. The van der Waals surface area contributed by atoms with Gasteiger partial charge in [-0.05, 0) is 24.3 Å². The second-order valence-electron chi connectivity index (χ2n) is 4.15. The van der Waals surface area contributed by atoms with Gasteiger partial charge in [-0.15, -0.1) is 35.7 Å². The SMILES string of the molecule is CN=C(NCCSc1ccc(Cl)cc1)NCc1ccon1.I. The third-order valence-corrected chi connectivity index (χ3v) is 3.89. The minimum absolute atomic E-state index is 0. The molecule has 0 aliphatic rings. The maximum Gasteiger partial charge on any atom is 0.191 e. The summed E-state index contributed by atoms with van der Waals surface area (Å²) in [6.45, 7) is 1.40. The predicted octanol–water partition coefficient (Wildman–Crippen LogP) is 3.40. The van der Waals surface area contributed by atoms with Gasteiger partial charge < -0.3 is 15.2 Å². The number of rotatable bonds is 6. The summed E-state index contributed by atoms with van der Waals surface area (Å²) in [5, 5.41) is 11.0. The maximum atomic E-state index is 5.85. The molecule has 2 N–H and O–H groups in total. The molecule has 1 heterocycles. The van der Waals surface area contributed by atoms with Gasteiger partial charge in [-0.25, -0.2) is 0 Å². The highest BCUT2D eigenvalue weighted by atomic mass is 127. The van der Waals surface area contributed by atoms with Crippen molar-refractivity contribution < 1.29 is 4.52 Å². The van der Waals surface area contributed by atoms with Crippen LogP contribution in [-0.2, 0) is 6.54 Å². The fourth-order valence-corrected chi connectivity index (χ4v) is 2.49. The molecule has 0 amide bonds. The molecule has 0 radical (unpaired) electrons. The first kappa shape index (κ1) is 19.1. The Kier molecular flexibility index (Phi) is 9.33. The molecular weight excluding hydrogens is 435 g/mol. The van der Waals surface area contributed by atoms with E-state index in [-0.39, 0.29) is 24.0 Å². The summed E-state index contributed by atoms with van der Waals surface area (Å²) < 4.78 is 4.77. The molecule has 2 rings (SSSR count). The number of halogens is 2. The lowest BCUT2D eigenvalue weighted by molar-refractivity contribution is 0.410. The van der Waals surface area contributed by atoms with Gasteiger partial charge in [0.1, 0.15) is 12.0 Å². The highest BCUT2D eigenvalue weighted by Gasteiger charge is 2.00. The van der Waals surface area contributed by atoms with Gasteiger partial charge in [-0.2, -0.15) is 0 Å². The van der Waals surface area contributed by atoms with Gasteiger partial charge >= 0.3 is 0 Å². The Balaban J connectivity index is 0.00000242. The summed E-state index contributed by atoms with van der Waals surface area (Å²) in [6, 6.07) is 9.65. The number of nitrogens with zero attached hydrogens (tertiary/aromatic N) is 2. The van der Waals surface area contributed by atoms with E-state index < -0.39 is 0 Å². The van der Waals surface area contributed by atoms with Crippen LogP contribution in [-0.4, -0.2) is 30.5 Å². The summed E-state index contributed by atoms with van der Waals surface area (Å²) in [5.41, 5.74) is 0.841. The van der Waals surface area contributed by atoms with Crippen molar-refractivity contribution in [3.63, 3.8) is 0 Å². The zero-order valence-electron chi connectivity index (χ0n) is 12.1. The van der Waals surface area contributed by atoms with E-state index in [1.807, 2.05) is 30.3 Å². The first-order valence-electron chi connectivity index (χ1n) is 6.50. The molecule has 1 aromatic heterocycles. The zero-order chi connectivity index (χ0) is 14.9. The second kappa shape index (κ2) is 10.7. The van der Waals surface area contributed by atoms with Crippen LogP contribution in [0.5, 0.6) is 0 Å². The molecule has 2 aromatic rings. The number of aliphatic imine (C=N–C) groups is 1. The monoisotopic (exact) mass is 452 g/mol. The third-order valence-electron chi connectivity index (χ3n) is 2.63. The quantitative estimate of drug-likeness (QED) is 0.231. The zero-order valence-corrected chi connectivity index (χ0v) is 16.0. The Morgan fingerprint density at radius 3 is 2.68 bits per heavy atom. The Morgan fingerprint density at radius 2 is 2.05 bits per heavy atom. The number of aromatic nitrogens is 1. The third kappa shape index (κ3) is 6.89. The molecule has 0 aliphatic carbocycles. The lowest BCUT2D eigenvalue weighted by atomic mass is 10.4. The number of guanidine groups is 1. The van der Waals surface area contributed by atoms with Crippen LogP contribution in [0.3, 0.4) is 0 Å². The average Bonchev–Trinajstić information content (AvgIpc) is 3.02. The van der Waals surface area contributed by atoms with Crippen molar-refractivity contribution in [1.82, 2.24) is 15.8 Å². The molecule has 8 heteroatoms. The van der Waals surface area contributed by atoms with E-state index in [0.29, 0.717) is 6.54 Å². The summed E-state index contributed by atoms with van der Waals surface area (Å²) in [4.78, 5) is 5.35. The Bertz CT molecular complexity index is 563. The van der Waals surface area contributed by atoms with E-state index in [1.54, 1.807) is 25.1 Å². The summed E-state index contributed by atoms with van der Waals surface area (Å²) in [7, 11) is 1.74. The second-order valence-corrected chi connectivity index (χ2v) is 5.75. The number of hydrogen-bond acceptors (Lipinski definition) is 4. The molecule has 0 aliphatic heterocycles. The normalized spacial score (nSPS) is 10.9. The van der Waals surface area contributed by atoms with Crippen LogP contribution < -0.4 is 10.6 Å². The molecule has 0 fully saturated rings. The minimum Gasteiger partial charge on any atom is -0.364 e. The molecule has 22 heavy (non-hydrogen) atoms. The van der Waals surface area contributed by atoms with Crippen molar-refractivity contribution in [2.24, 2.45) is 4.99 Å². The number of benzene rings is 1. The van der Waals surface area contributed by atoms with Crippen molar-refractivity contribution in [3.8, 4) is 0 Å². The molecule has 0 spiro atoms. The first-order chi connectivity index (χ1) is 10.3. The van der Waals surface area contributed by atoms with Crippen molar-refractivity contribution in [2.45, 2.75) is 11.4 Å². The molecule has 0 saturated carbocycles. The molecule has 120 valence electrons. The Hall–Kier alpha value is -0.930. The smallest absolute Gasteiger partial charge is 0.191 e. The first-order valence-corrected chi connectivity index (χ1v) is 7.86. The van der Waals surface area contributed by atoms with Crippen LogP contribution in [0.2, 0.25) is 5.02 Å². The van der Waals surface area contributed by atoms with E-state index in [2.05, 4.69) is 20.8 Å². The van der Waals surface area contributed by atoms with Crippen LogP contribution in [0.15, 0.2) is 51.0 Å². The van der Waals surface area contributed by atoms with E-state index in [0.717, 1.165) is 29.0 Å². The van der Waals surface area contributed by atoms with Crippen LogP contribution in [0, 0.1) is 0 Å². The van der Waals surface area contributed by atoms with Crippen LogP contribution in [0.1, 0.15) is 5.69 Å². The van der Waals surface area contributed by atoms with E-state index in [4.69, 9.17) is 16.1 Å². The van der Waals surface area contributed by atoms with Crippen molar-refractivity contribution in [1.29, 1.82) is 0 Å². The average molecular weight is 453 g/mol. The Morgan fingerprint density at radius 1 is 1.27 bits per heavy atom. The van der Waals surface area contributed by atoms with Gasteiger partial charge in [-0.3, -0.25) is 4.99 Å². The van der Waals surface area contributed by atoms with Gasteiger partial charge in [0, 0.05) is 35.3 Å². The highest BCUT2D eigenvalue weighted by molar-refractivity contribution is 14.0. The molecule has 0 saturated heterocycles.